The van der Waals surface area contributed by atoms with Crippen molar-refractivity contribution in [2.45, 2.75) is 44.3 Å². The van der Waals surface area contributed by atoms with Gasteiger partial charge >= 0.3 is 6.18 Å². The Hall–Kier alpha value is -1.94. The summed E-state index contributed by atoms with van der Waals surface area (Å²) >= 11 is 6.56. The normalized spacial score (nSPS) is 15.5. The maximum atomic E-state index is 13.8. The van der Waals surface area contributed by atoms with Crippen molar-refractivity contribution in [3.8, 4) is 11.3 Å². The van der Waals surface area contributed by atoms with E-state index in [-0.39, 0.29) is 27.5 Å². The van der Waals surface area contributed by atoms with Crippen molar-refractivity contribution < 1.29 is 18.0 Å². The van der Waals surface area contributed by atoms with Crippen LogP contribution in [0.15, 0.2) is 39.3 Å². The molecule has 30 heavy (non-hydrogen) atoms. The molecule has 0 bridgehead atoms. The number of nitrogens with zero attached hydrogens (tertiary/aromatic N) is 3. The van der Waals surface area contributed by atoms with Crippen LogP contribution in [0.3, 0.4) is 0 Å². The van der Waals surface area contributed by atoms with Crippen molar-refractivity contribution in [2.75, 3.05) is 0 Å². The Kier molecular flexibility index (Phi) is 5.89. The fourth-order valence-corrected chi connectivity index (χ4v) is 4.39. The monoisotopic (exact) mass is 544 g/mol. The summed E-state index contributed by atoms with van der Waals surface area (Å²) in [5, 5.41) is 6.85. The standard InChI is InChI=1S/C20H17Br2F3N4O/c21-12-8-6-11(7-9-12)14-10-15(20(23,24)25)29-18(27-14)16(22)17(28-29)19(30)26-13-4-2-1-3-5-13/h6-10,13H,1-5H2,(H,26,30). The third-order valence-electron chi connectivity index (χ3n) is 5.12. The molecule has 0 radical (unpaired) electrons. The van der Waals surface area contributed by atoms with Crippen LogP contribution in [0.25, 0.3) is 16.9 Å². The Balaban J connectivity index is 1.80. The van der Waals surface area contributed by atoms with Crippen molar-refractivity contribution >= 4 is 43.4 Å². The van der Waals surface area contributed by atoms with Gasteiger partial charge in [0.15, 0.2) is 17.0 Å². The average Bonchev–Trinajstić information content (AvgIpc) is 3.04. The molecule has 2 aromatic heterocycles. The van der Waals surface area contributed by atoms with E-state index in [9.17, 15) is 18.0 Å². The number of amides is 1. The fourth-order valence-electron chi connectivity index (χ4n) is 3.61. The molecule has 1 N–H and O–H groups in total. The van der Waals surface area contributed by atoms with E-state index in [0.29, 0.717) is 10.1 Å². The molecule has 1 amide bonds. The Bertz CT molecular complexity index is 1090. The lowest BCUT2D eigenvalue weighted by molar-refractivity contribution is -0.142. The number of aromatic nitrogens is 3. The Morgan fingerprint density at radius 3 is 2.40 bits per heavy atom. The summed E-state index contributed by atoms with van der Waals surface area (Å²) < 4.78 is 43.0. The van der Waals surface area contributed by atoms with Crippen molar-refractivity contribution in [1.82, 2.24) is 19.9 Å². The van der Waals surface area contributed by atoms with Crippen molar-refractivity contribution in [3.63, 3.8) is 0 Å². The first-order valence-corrected chi connectivity index (χ1v) is 11.1. The third-order valence-corrected chi connectivity index (χ3v) is 6.38. The van der Waals surface area contributed by atoms with E-state index >= 15 is 0 Å². The number of hydrogen-bond acceptors (Lipinski definition) is 3. The van der Waals surface area contributed by atoms with E-state index in [1.165, 1.54) is 0 Å². The molecule has 1 saturated carbocycles. The van der Waals surface area contributed by atoms with Gasteiger partial charge in [0.05, 0.1) is 10.2 Å². The van der Waals surface area contributed by atoms with Gasteiger partial charge < -0.3 is 5.32 Å². The van der Waals surface area contributed by atoms with Gasteiger partial charge in [-0.3, -0.25) is 4.79 Å². The first-order chi connectivity index (χ1) is 14.2. The highest BCUT2D eigenvalue weighted by atomic mass is 79.9. The summed E-state index contributed by atoms with van der Waals surface area (Å²) in [5.74, 6) is -0.502. The first kappa shape index (κ1) is 21.3. The van der Waals surface area contributed by atoms with Gasteiger partial charge in [-0.15, -0.1) is 0 Å². The van der Waals surface area contributed by atoms with E-state index in [4.69, 9.17) is 0 Å². The number of halogens is 5. The minimum atomic E-state index is -4.67. The molecule has 158 valence electrons. The van der Waals surface area contributed by atoms with Crippen LogP contribution < -0.4 is 5.32 Å². The summed E-state index contributed by atoms with van der Waals surface area (Å²) in [5.41, 5.74) is -0.499. The van der Waals surface area contributed by atoms with Gasteiger partial charge in [0.2, 0.25) is 0 Å². The van der Waals surface area contributed by atoms with Crippen LogP contribution in [0.5, 0.6) is 0 Å². The molecule has 2 heterocycles. The second-order valence-corrected chi connectivity index (χ2v) is 8.95. The summed E-state index contributed by atoms with van der Waals surface area (Å²) in [7, 11) is 0. The maximum absolute atomic E-state index is 13.8. The maximum Gasteiger partial charge on any atom is 0.433 e. The second kappa shape index (κ2) is 8.30. The number of rotatable bonds is 3. The van der Waals surface area contributed by atoms with Crippen molar-refractivity contribution in [2.24, 2.45) is 0 Å². The predicted octanol–water partition coefficient (Wildman–Crippen LogP) is 6.00. The molecular formula is C20H17Br2F3N4O. The van der Waals surface area contributed by atoms with Gasteiger partial charge in [-0.1, -0.05) is 47.3 Å². The molecule has 1 aromatic carbocycles. The van der Waals surface area contributed by atoms with Gasteiger partial charge in [0.25, 0.3) is 5.91 Å². The van der Waals surface area contributed by atoms with Crippen LogP contribution in [0.4, 0.5) is 13.2 Å². The fraction of sp³-hybridized carbons (Fsp3) is 0.350. The highest BCUT2D eigenvalue weighted by Gasteiger charge is 2.36. The van der Waals surface area contributed by atoms with E-state index in [1.54, 1.807) is 24.3 Å². The molecule has 0 unspecified atom stereocenters. The molecule has 4 rings (SSSR count). The molecule has 0 aliphatic heterocycles. The molecule has 0 atom stereocenters. The number of carbonyl (C=O) groups is 1. The Labute approximate surface area is 187 Å². The minimum absolute atomic E-state index is 0.0105. The second-order valence-electron chi connectivity index (χ2n) is 7.24. The van der Waals surface area contributed by atoms with Gasteiger partial charge in [0.1, 0.15) is 0 Å². The smallest absolute Gasteiger partial charge is 0.348 e. The lowest BCUT2D eigenvalue weighted by atomic mass is 9.95. The van der Waals surface area contributed by atoms with E-state index in [0.717, 1.165) is 42.6 Å². The molecule has 0 saturated heterocycles. The zero-order chi connectivity index (χ0) is 21.5. The third kappa shape index (κ3) is 4.25. The molecule has 1 aliphatic rings. The number of nitrogens with one attached hydrogen (secondary N) is 1. The first-order valence-electron chi connectivity index (χ1n) is 9.47. The SMILES string of the molecule is O=C(NC1CCCCC1)c1nn2c(C(F)(F)F)cc(-c3ccc(Br)cc3)nc2c1Br. The largest absolute Gasteiger partial charge is 0.433 e. The summed E-state index contributed by atoms with van der Waals surface area (Å²) in [6.07, 6.45) is 0.213. The Morgan fingerprint density at radius 2 is 1.77 bits per heavy atom. The van der Waals surface area contributed by atoms with E-state index in [2.05, 4.69) is 47.3 Å². The van der Waals surface area contributed by atoms with Crippen LogP contribution in [-0.4, -0.2) is 26.5 Å². The summed E-state index contributed by atoms with van der Waals surface area (Å²) in [6, 6.07) is 7.75. The molecular weight excluding hydrogens is 529 g/mol. The van der Waals surface area contributed by atoms with Crippen LogP contribution in [0, 0.1) is 0 Å². The van der Waals surface area contributed by atoms with E-state index in [1.807, 2.05) is 0 Å². The highest BCUT2D eigenvalue weighted by Crippen LogP contribution is 2.35. The zero-order valence-electron chi connectivity index (χ0n) is 15.6. The quantitative estimate of drug-likeness (QED) is 0.439. The van der Waals surface area contributed by atoms with Gasteiger partial charge in [-0.25, -0.2) is 9.50 Å². The topological polar surface area (TPSA) is 59.3 Å². The van der Waals surface area contributed by atoms with Crippen LogP contribution >= 0.6 is 31.9 Å². The average molecular weight is 546 g/mol. The lowest BCUT2D eigenvalue weighted by Crippen LogP contribution is -2.36. The van der Waals surface area contributed by atoms with Crippen molar-refractivity contribution in [3.05, 3.63) is 50.7 Å². The zero-order valence-corrected chi connectivity index (χ0v) is 18.8. The lowest BCUT2D eigenvalue weighted by Gasteiger charge is -2.22. The number of benzene rings is 1. The molecule has 0 spiro atoms. The number of alkyl halides is 3. The summed E-state index contributed by atoms with van der Waals surface area (Å²) in [6.45, 7) is 0. The van der Waals surface area contributed by atoms with E-state index < -0.39 is 17.8 Å². The summed E-state index contributed by atoms with van der Waals surface area (Å²) in [4.78, 5) is 17.1. The highest BCUT2D eigenvalue weighted by molar-refractivity contribution is 9.11. The van der Waals surface area contributed by atoms with Gasteiger partial charge in [-0.2, -0.15) is 18.3 Å². The van der Waals surface area contributed by atoms with Crippen molar-refractivity contribution in [1.29, 1.82) is 0 Å². The number of carbonyl (C=O) groups excluding carboxylic acids is 1. The van der Waals surface area contributed by atoms with Gasteiger partial charge in [0, 0.05) is 16.1 Å². The Morgan fingerprint density at radius 1 is 1.10 bits per heavy atom. The van der Waals surface area contributed by atoms with Crippen LogP contribution in [0.1, 0.15) is 48.3 Å². The molecule has 1 aliphatic carbocycles. The molecule has 3 aromatic rings. The molecule has 10 heteroatoms. The number of hydrogen-bond donors (Lipinski definition) is 1. The predicted molar refractivity (Wildman–Crippen MR) is 113 cm³/mol. The molecule has 1 fully saturated rings. The number of fused-ring (bicyclic) bond motifs is 1. The van der Waals surface area contributed by atoms with Gasteiger partial charge in [-0.05, 0) is 47.0 Å². The minimum Gasteiger partial charge on any atom is -0.348 e. The van der Waals surface area contributed by atoms with Crippen LogP contribution in [-0.2, 0) is 6.18 Å². The van der Waals surface area contributed by atoms with Crippen LogP contribution in [0.2, 0.25) is 0 Å². The molecule has 5 nitrogen and oxygen atoms in total.